The fourth-order valence-electron chi connectivity index (χ4n) is 1.53. The minimum absolute atomic E-state index is 0.0771. The van der Waals surface area contributed by atoms with Crippen LogP contribution in [0.2, 0.25) is 0 Å². The van der Waals surface area contributed by atoms with Crippen molar-refractivity contribution in [3.63, 3.8) is 0 Å². The van der Waals surface area contributed by atoms with E-state index in [0.29, 0.717) is 16.7 Å². The molecule has 1 aromatic carbocycles. The largest absolute Gasteiger partial charge is 0.478 e. The molecule has 1 aliphatic rings. The van der Waals surface area contributed by atoms with Crippen LogP contribution in [0.1, 0.15) is 10.4 Å². The minimum atomic E-state index is -1.07. The van der Waals surface area contributed by atoms with Crippen molar-refractivity contribution in [3.05, 3.63) is 28.2 Å². The number of rotatable bonds is 2. The lowest BCUT2D eigenvalue weighted by Crippen LogP contribution is -2.25. The van der Waals surface area contributed by atoms with Crippen molar-refractivity contribution in [2.45, 2.75) is 0 Å². The van der Waals surface area contributed by atoms with Crippen LogP contribution in [0, 0.1) is 0 Å². The molecule has 1 heterocycles. The Morgan fingerprint density at radius 2 is 2.25 bits per heavy atom. The normalized spacial score (nSPS) is 15.1. The summed E-state index contributed by atoms with van der Waals surface area (Å²) in [6.45, 7) is 0.661. The van der Waals surface area contributed by atoms with Crippen LogP contribution in [0.25, 0.3) is 0 Å². The van der Waals surface area contributed by atoms with Gasteiger partial charge in [-0.05, 0) is 18.2 Å². The van der Waals surface area contributed by atoms with Crippen LogP contribution in [0.5, 0.6) is 0 Å². The Labute approximate surface area is 99.7 Å². The van der Waals surface area contributed by atoms with Crippen molar-refractivity contribution in [2.75, 3.05) is 18.1 Å². The van der Waals surface area contributed by atoms with Crippen LogP contribution in [-0.2, 0) is 4.74 Å². The number of carbonyl (C=O) groups is 2. The number of halogens is 1. The molecule has 2 rings (SSSR count). The van der Waals surface area contributed by atoms with Gasteiger partial charge >= 0.3 is 12.1 Å². The molecule has 16 heavy (non-hydrogen) atoms. The van der Waals surface area contributed by atoms with Crippen molar-refractivity contribution >= 4 is 33.7 Å². The zero-order valence-electron chi connectivity index (χ0n) is 8.14. The van der Waals surface area contributed by atoms with Crippen LogP contribution in [-0.4, -0.2) is 30.3 Å². The fraction of sp³-hybridized carbons (Fsp3) is 0.200. The summed E-state index contributed by atoms with van der Waals surface area (Å²) < 4.78 is 5.42. The molecule has 0 unspecified atom stereocenters. The van der Waals surface area contributed by atoms with Crippen molar-refractivity contribution in [2.24, 2.45) is 0 Å². The predicted molar refractivity (Wildman–Crippen MR) is 59.8 cm³/mol. The summed E-state index contributed by atoms with van der Waals surface area (Å²) in [7, 11) is 0. The monoisotopic (exact) mass is 285 g/mol. The first-order valence-electron chi connectivity index (χ1n) is 4.57. The zero-order chi connectivity index (χ0) is 11.7. The number of nitrogens with zero attached hydrogens (tertiary/aromatic N) is 1. The van der Waals surface area contributed by atoms with Crippen molar-refractivity contribution < 1.29 is 19.4 Å². The van der Waals surface area contributed by atoms with Gasteiger partial charge in [0.05, 0.1) is 17.8 Å². The van der Waals surface area contributed by atoms with E-state index in [-0.39, 0.29) is 12.2 Å². The lowest BCUT2D eigenvalue weighted by atomic mass is 10.1. The van der Waals surface area contributed by atoms with Gasteiger partial charge in [-0.15, -0.1) is 0 Å². The SMILES string of the molecule is O=C(O)c1cc(Br)ccc1N1CCOC1=O. The number of carboxylic acid groups (broad SMARTS) is 1. The van der Waals surface area contributed by atoms with Gasteiger partial charge in [0, 0.05) is 4.47 Å². The number of carbonyl (C=O) groups excluding carboxylic acids is 1. The zero-order valence-corrected chi connectivity index (χ0v) is 9.73. The number of cyclic esters (lactones) is 1. The second kappa shape index (κ2) is 4.13. The quantitative estimate of drug-likeness (QED) is 0.904. The molecule has 0 radical (unpaired) electrons. The average Bonchev–Trinajstić information content (AvgIpc) is 2.64. The van der Waals surface area contributed by atoms with E-state index in [2.05, 4.69) is 15.9 Å². The summed E-state index contributed by atoms with van der Waals surface area (Å²) in [6.07, 6.45) is -0.509. The third kappa shape index (κ3) is 1.88. The number of amides is 1. The molecule has 84 valence electrons. The first kappa shape index (κ1) is 10.9. The van der Waals surface area contributed by atoms with Gasteiger partial charge in [0.1, 0.15) is 6.61 Å². The Kier molecular flexibility index (Phi) is 2.82. The molecule has 0 spiro atoms. The van der Waals surface area contributed by atoms with E-state index in [9.17, 15) is 9.59 Å². The first-order chi connectivity index (χ1) is 7.59. The van der Waals surface area contributed by atoms with E-state index in [4.69, 9.17) is 9.84 Å². The molecule has 1 aromatic rings. The molecule has 1 amide bonds. The number of carboxylic acids is 1. The summed E-state index contributed by atoms with van der Waals surface area (Å²) in [4.78, 5) is 23.7. The van der Waals surface area contributed by atoms with Crippen LogP contribution in [0.4, 0.5) is 10.5 Å². The molecule has 0 saturated carbocycles. The van der Waals surface area contributed by atoms with Gasteiger partial charge in [0.2, 0.25) is 0 Å². The molecule has 0 bridgehead atoms. The van der Waals surface area contributed by atoms with Crippen LogP contribution < -0.4 is 4.90 Å². The van der Waals surface area contributed by atoms with Gasteiger partial charge in [-0.3, -0.25) is 4.90 Å². The highest BCUT2D eigenvalue weighted by atomic mass is 79.9. The summed E-state index contributed by atoms with van der Waals surface area (Å²) in [5.74, 6) is -1.07. The van der Waals surface area contributed by atoms with Gasteiger partial charge in [-0.2, -0.15) is 0 Å². The summed E-state index contributed by atoms with van der Waals surface area (Å²) in [6, 6.07) is 4.73. The summed E-state index contributed by atoms with van der Waals surface area (Å²) in [5.41, 5.74) is 0.437. The molecule has 0 aromatic heterocycles. The van der Waals surface area contributed by atoms with E-state index in [1.165, 1.54) is 11.0 Å². The molecular weight excluding hydrogens is 278 g/mol. The van der Waals surface area contributed by atoms with Gasteiger partial charge in [-0.1, -0.05) is 15.9 Å². The van der Waals surface area contributed by atoms with E-state index in [1.807, 2.05) is 0 Å². The van der Waals surface area contributed by atoms with E-state index in [0.717, 1.165) is 0 Å². The topological polar surface area (TPSA) is 66.8 Å². The Hall–Kier alpha value is -1.56. The average molecular weight is 286 g/mol. The van der Waals surface area contributed by atoms with E-state index < -0.39 is 12.1 Å². The smallest absolute Gasteiger partial charge is 0.414 e. The lowest BCUT2D eigenvalue weighted by Gasteiger charge is -2.15. The minimum Gasteiger partial charge on any atom is -0.478 e. The number of hydrogen-bond donors (Lipinski definition) is 1. The Morgan fingerprint density at radius 3 is 2.81 bits per heavy atom. The highest BCUT2D eigenvalue weighted by Gasteiger charge is 2.27. The molecule has 0 aliphatic carbocycles. The maximum absolute atomic E-state index is 11.3. The van der Waals surface area contributed by atoms with E-state index >= 15 is 0 Å². The molecule has 1 saturated heterocycles. The maximum Gasteiger partial charge on any atom is 0.414 e. The second-order valence-electron chi connectivity index (χ2n) is 3.23. The standard InChI is InChI=1S/C10H8BrNO4/c11-6-1-2-8(7(5-6)9(13)14)12-3-4-16-10(12)15/h1-2,5H,3-4H2,(H,13,14). The van der Waals surface area contributed by atoms with Crippen LogP contribution >= 0.6 is 15.9 Å². The maximum atomic E-state index is 11.3. The van der Waals surface area contributed by atoms with Crippen LogP contribution in [0.15, 0.2) is 22.7 Å². The fourth-order valence-corrected chi connectivity index (χ4v) is 1.89. The molecule has 1 aliphatic heterocycles. The van der Waals surface area contributed by atoms with Gasteiger partial charge in [0.15, 0.2) is 0 Å². The molecule has 5 nitrogen and oxygen atoms in total. The summed E-state index contributed by atoms with van der Waals surface area (Å²) >= 11 is 3.19. The van der Waals surface area contributed by atoms with Crippen molar-refractivity contribution in [3.8, 4) is 0 Å². The van der Waals surface area contributed by atoms with Gasteiger partial charge < -0.3 is 9.84 Å². The molecule has 6 heteroatoms. The third-order valence-electron chi connectivity index (χ3n) is 2.24. The highest BCUT2D eigenvalue weighted by molar-refractivity contribution is 9.10. The molecule has 1 fully saturated rings. The first-order valence-corrected chi connectivity index (χ1v) is 5.36. The van der Waals surface area contributed by atoms with Crippen LogP contribution in [0.3, 0.4) is 0 Å². The Bertz CT molecular complexity index is 460. The number of hydrogen-bond acceptors (Lipinski definition) is 3. The third-order valence-corrected chi connectivity index (χ3v) is 2.73. The highest BCUT2D eigenvalue weighted by Crippen LogP contribution is 2.26. The van der Waals surface area contributed by atoms with Crippen molar-refractivity contribution in [1.29, 1.82) is 0 Å². The Morgan fingerprint density at radius 1 is 1.50 bits per heavy atom. The predicted octanol–water partition coefficient (Wildman–Crippen LogP) is 2.10. The number of benzene rings is 1. The summed E-state index contributed by atoms with van der Waals surface area (Å²) in [5, 5.41) is 9.04. The molecular formula is C10H8BrNO4. The van der Waals surface area contributed by atoms with Gasteiger partial charge in [-0.25, -0.2) is 9.59 Å². The lowest BCUT2D eigenvalue weighted by molar-refractivity contribution is 0.0697. The van der Waals surface area contributed by atoms with Crippen molar-refractivity contribution in [1.82, 2.24) is 0 Å². The second-order valence-corrected chi connectivity index (χ2v) is 4.15. The number of anilines is 1. The van der Waals surface area contributed by atoms with Gasteiger partial charge in [0.25, 0.3) is 0 Å². The number of aromatic carboxylic acids is 1. The molecule has 0 atom stereocenters. The number of ether oxygens (including phenoxy) is 1. The Balaban J connectivity index is 2.47. The van der Waals surface area contributed by atoms with E-state index in [1.54, 1.807) is 12.1 Å². The molecule has 1 N–H and O–H groups in total.